The first-order valence-electron chi connectivity index (χ1n) is 9.08. The van der Waals surface area contributed by atoms with Crippen molar-refractivity contribution in [2.45, 2.75) is 5.16 Å². The maximum absolute atomic E-state index is 13.2. The van der Waals surface area contributed by atoms with E-state index in [-0.39, 0.29) is 27.3 Å². The van der Waals surface area contributed by atoms with Gasteiger partial charge in [0.05, 0.1) is 43.1 Å². The molecule has 0 saturated heterocycles. The van der Waals surface area contributed by atoms with E-state index in [0.29, 0.717) is 32.5 Å². The molecule has 156 valence electrons. The van der Waals surface area contributed by atoms with E-state index in [1.54, 1.807) is 18.2 Å². The first-order valence-corrected chi connectivity index (χ1v) is 11.2. The second-order valence-corrected chi connectivity index (χ2v) is 8.63. The monoisotopic (exact) mass is 489 g/mol. The number of halogens is 3. The fourth-order valence-electron chi connectivity index (χ4n) is 2.95. The van der Waals surface area contributed by atoms with Crippen LogP contribution >= 0.6 is 46.6 Å². The van der Waals surface area contributed by atoms with E-state index in [1.165, 1.54) is 16.7 Å². The highest BCUT2D eigenvalue weighted by atomic mass is 35.5. The van der Waals surface area contributed by atoms with Crippen LogP contribution in [-0.2, 0) is 4.79 Å². The molecule has 4 aromatic rings. The Hall–Kier alpha value is -2.51. The number of benzene rings is 3. The number of aromatic nitrogens is 2. The molecule has 0 aliphatic carbocycles. The third kappa shape index (κ3) is 4.72. The zero-order valence-electron chi connectivity index (χ0n) is 15.8. The van der Waals surface area contributed by atoms with Crippen molar-refractivity contribution in [3.63, 3.8) is 0 Å². The molecule has 0 saturated carbocycles. The summed E-state index contributed by atoms with van der Waals surface area (Å²) in [6.45, 7) is 0. The predicted molar refractivity (Wildman–Crippen MR) is 128 cm³/mol. The summed E-state index contributed by atoms with van der Waals surface area (Å²) in [5, 5.41) is 4.47. The van der Waals surface area contributed by atoms with Gasteiger partial charge in [0.2, 0.25) is 5.91 Å². The summed E-state index contributed by atoms with van der Waals surface area (Å²) in [5.74, 6) is -0.318. The number of carbonyl (C=O) groups is 1. The van der Waals surface area contributed by atoms with Crippen molar-refractivity contribution in [2.75, 3.05) is 11.1 Å². The Morgan fingerprint density at radius 2 is 1.61 bits per heavy atom. The van der Waals surface area contributed by atoms with Gasteiger partial charge in [0.1, 0.15) is 0 Å². The molecule has 0 bridgehead atoms. The summed E-state index contributed by atoms with van der Waals surface area (Å²) in [6.07, 6.45) is 0. The van der Waals surface area contributed by atoms with E-state index in [1.807, 2.05) is 36.4 Å². The molecule has 3 aromatic carbocycles. The smallest absolute Gasteiger partial charge is 0.266 e. The van der Waals surface area contributed by atoms with Crippen LogP contribution in [-0.4, -0.2) is 21.2 Å². The largest absolute Gasteiger partial charge is 0.324 e. The Morgan fingerprint density at radius 3 is 2.39 bits per heavy atom. The van der Waals surface area contributed by atoms with Gasteiger partial charge in [-0.15, -0.1) is 0 Å². The lowest BCUT2D eigenvalue weighted by Gasteiger charge is -2.13. The van der Waals surface area contributed by atoms with E-state index in [4.69, 9.17) is 34.8 Å². The van der Waals surface area contributed by atoms with Gasteiger partial charge in [-0.25, -0.2) is 4.98 Å². The van der Waals surface area contributed by atoms with E-state index in [2.05, 4.69) is 10.3 Å². The van der Waals surface area contributed by atoms with Crippen molar-refractivity contribution in [3.8, 4) is 5.69 Å². The molecule has 0 spiro atoms. The van der Waals surface area contributed by atoms with Gasteiger partial charge in [-0.3, -0.25) is 14.2 Å². The van der Waals surface area contributed by atoms with Crippen LogP contribution in [0.25, 0.3) is 16.6 Å². The Balaban J connectivity index is 1.64. The fourth-order valence-corrected chi connectivity index (χ4v) is 4.36. The van der Waals surface area contributed by atoms with Crippen molar-refractivity contribution < 1.29 is 4.79 Å². The van der Waals surface area contributed by atoms with E-state index in [0.717, 1.165) is 11.8 Å². The topological polar surface area (TPSA) is 64.0 Å². The minimum Gasteiger partial charge on any atom is -0.324 e. The lowest BCUT2D eigenvalue weighted by molar-refractivity contribution is -0.113. The number of anilines is 1. The Kier molecular flexibility index (Phi) is 6.53. The molecule has 1 heterocycles. The molecule has 0 fully saturated rings. The van der Waals surface area contributed by atoms with E-state index < -0.39 is 0 Å². The lowest BCUT2D eigenvalue weighted by Crippen LogP contribution is -2.23. The van der Waals surface area contributed by atoms with Crippen LogP contribution in [0.5, 0.6) is 0 Å². The summed E-state index contributed by atoms with van der Waals surface area (Å²) in [6, 6.07) is 19.2. The second kappa shape index (κ2) is 9.32. The van der Waals surface area contributed by atoms with Crippen LogP contribution in [0.1, 0.15) is 0 Å². The lowest BCUT2D eigenvalue weighted by atomic mass is 10.2. The SMILES string of the molecule is O=C(CSc1nc2ccccc2c(=O)n1-c1ccccc1)Nc1cc(Cl)c(Cl)cc1Cl. The van der Waals surface area contributed by atoms with Crippen LogP contribution in [0.4, 0.5) is 5.69 Å². The molecule has 0 aliphatic rings. The number of thioether (sulfide) groups is 1. The van der Waals surface area contributed by atoms with Crippen molar-refractivity contribution in [3.05, 3.63) is 92.2 Å². The van der Waals surface area contributed by atoms with Crippen molar-refractivity contribution in [1.82, 2.24) is 9.55 Å². The summed E-state index contributed by atoms with van der Waals surface area (Å²) in [5.41, 5.74) is 1.39. The zero-order valence-corrected chi connectivity index (χ0v) is 18.9. The molecule has 0 aliphatic heterocycles. The number of fused-ring (bicyclic) bond motifs is 1. The Bertz CT molecular complexity index is 1340. The predicted octanol–water partition coefficient (Wildman–Crippen LogP) is 6.08. The van der Waals surface area contributed by atoms with Gasteiger partial charge in [0, 0.05) is 0 Å². The standard InChI is InChI=1S/C22H14Cl3N3O2S/c23-15-10-17(25)19(11-16(15)24)26-20(29)12-31-22-27-18-9-5-4-8-14(18)21(30)28(22)13-6-2-1-3-7-13/h1-11H,12H2,(H,26,29). The van der Waals surface area contributed by atoms with Gasteiger partial charge in [0.15, 0.2) is 5.16 Å². The Labute approximate surface area is 197 Å². The average molecular weight is 491 g/mol. The summed E-state index contributed by atoms with van der Waals surface area (Å²) < 4.78 is 1.51. The number of para-hydroxylation sites is 2. The third-order valence-electron chi connectivity index (χ3n) is 4.38. The number of nitrogens with zero attached hydrogens (tertiary/aromatic N) is 2. The number of amides is 1. The minimum absolute atomic E-state index is 0.00812. The van der Waals surface area contributed by atoms with Crippen LogP contribution in [0.15, 0.2) is 76.7 Å². The highest BCUT2D eigenvalue weighted by Gasteiger charge is 2.15. The number of carbonyl (C=O) groups excluding carboxylic acids is 1. The molecule has 0 atom stereocenters. The first kappa shape index (κ1) is 21.7. The van der Waals surface area contributed by atoms with Crippen molar-refractivity contribution in [1.29, 1.82) is 0 Å². The fraction of sp³-hybridized carbons (Fsp3) is 0.0455. The van der Waals surface area contributed by atoms with E-state index in [9.17, 15) is 9.59 Å². The third-order valence-corrected chi connectivity index (χ3v) is 6.35. The van der Waals surface area contributed by atoms with Crippen LogP contribution in [0.3, 0.4) is 0 Å². The maximum Gasteiger partial charge on any atom is 0.266 e. The second-order valence-electron chi connectivity index (χ2n) is 6.47. The molecule has 31 heavy (non-hydrogen) atoms. The molecule has 0 unspecified atom stereocenters. The highest BCUT2D eigenvalue weighted by Crippen LogP contribution is 2.32. The van der Waals surface area contributed by atoms with Gasteiger partial charge < -0.3 is 5.32 Å². The summed E-state index contributed by atoms with van der Waals surface area (Å²) in [7, 11) is 0. The molecule has 1 aromatic heterocycles. The molecule has 1 N–H and O–H groups in total. The van der Waals surface area contributed by atoms with Crippen molar-refractivity contribution in [2.24, 2.45) is 0 Å². The summed E-state index contributed by atoms with van der Waals surface area (Å²) in [4.78, 5) is 30.3. The quantitative estimate of drug-likeness (QED) is 0.209. The number of hydrogen-bond donors (Lipinski definition) is 1. The molecule has 9 heteroatoms. The van der Waals surface area contributed by atoms with Gasteiger partial charge in [0.25, 0.3) is 5.56 Å². The van der Waals surface area contributed by atoms with Crippen LogP contribution < -0.4 is 10.9 Å². The van der Waals surface area contributed by atoms with Gasteiger partial charge in [-0.1, -0.05) is 76.9 Å². The maximum atomic E-state index is 13.2. The van der Waals surface area contributed by atoms with Gasteiger partial charge >= 0.3 is 0 Å². The normalized spacial score (nSPS) is 10.9. The van der Waals surface area contributed by atoms with Crippen molar-refractivity contribution >= 4 is 69.1 Å². The molecule has 0 radical (unpaired) electrons. The molecule has 1 amide bonds. The number of nitrogens with one attached hydrogen (secondary N) is 1. The van der Waals surface area contributed by atoms with Gasteiger partial charge in [-0.2, -0.15) is 0 Å². The Morgan fingerprint density at radius 1 is 0.935 bits per heavy atom. The number of rotatable bonds is 5. The van der Waals surface area contributed by atoms with Gasteiger partial charge in [-0.05, 0) is 36.4 Å². The van der Waals surface area contributed by atoms with E-state index >= 15 is 0 Å². The molecular formula is C22H14Cl3N3O2S. The average Bonchev–Trinajstić information content (AvgIpc) is 2.77. The minimum atomic E-state index is -0.327. The highest BCUT2D eigenvalue weighted by molar-refractivity contribution is 7.99. The van der Waals surface area contributed by atoms with Crippen LogP contribution in [0.2, 0.25) is 15.1 Å². The molecule has 5 nitrogen and oxygen atoms in total. The van der Waals surface area contributed by atoms with Crippen LogP contribution in [0, 0.1) is 0 Å². The molecule has 4 rings (SSSR count). The molecular weight excluding hydrogens is 477 g/mol. The zero-order chi connectivity index (χ0) is 22.0. The summed E-state index contributed by atoms with van der Waals surface area (Å²) >= 11 is 19.2. The first-order chi connectivity index (χ1) is 14.9. The number of hydrogen-bond acceptors (Lipinski definition) is 4.